The Kier molecular flexibility index (Phi) is 5.61. The number of nitrogens with two attached hydrogens (primary N) is 1. The van der Waals surface area contributed by atoms with E-state index in [0.29, 0.717) is 17.9 Å². The fourth-order valence-corrected chi connectivity index (χ4v) is 5.10. The average molecular weight is 293 g/mol. The Balaban J connectivity index is 1.71. The lowest BCUT2D eigenvalue weighted by Crippen LogP contribution is -2.58. The predicted molar refractivity (Wildman–Crippen MR) is 88.0 cm³/mol. The Bertz CT molecular complexity index is 281. The Morgan fingerprint density at radius 3 is 1.38 bits per heavy atom. The molecule has 0 spiro atoms. The number of rotatable bonds is 4. The third kappa shape index (κ3) is 3.82. The summed E-state index contributed by atoms with van der Waals surface area (Å²) in [5.74, 6) is 1.24. The van der Waals surface area contributed by atoms with Crippen molar-refractivity contribution in [1.29, 1.82) is 0 Å². The first-order chi connectivity index (χ1) is 10.3. The molecule has 0 unspecified atom stereocenters. The third-order valence-corrected chi connectivity index (χ3v) is 6.41. The predicted octanol–water partition coefficient (Wildman–Crippen LogP) is 5.15. The monoisotopic (exact) mass is 293 g/mol. The quantitative estimate of drug-likeness (QED) is 0.727. The van der Waals surface area contributed by atoms with Gasteiger partial charge < -0.3 is 10.5 Å². The average Bonchev–Trinajstić information content (AvgIpc) is 2.57. The Morgan fingerprint density at radius 1 is 0.571 bits per heavy atom. The summed E-state index contributed by atoms with van der Waals surface area (Å²) in [7, 11) is 0. The molecule has 0 bridgehead atoms. The highest BCUT2D eigenvalue weighted by Gasteiger charge is 2.45. The fourth-order valence-electron chi connectivity index (χ4n) is 5.10. The van der Waals surface area contributed by atoms with Gasteiger partial charge in [0.15, 0.2) is 0 Å². The van der Waals surface area contributed by atoms with Gasteiger partial charge in [-0.15, -0.1) is 0 Å². The molecule has 0 aliphatic heterocycles. The van der Waals surface area contributed by atoms with Crippen LogP contribution in [0, 0.1) is 11.8 Å². The highest BCUT2D eigenvalue weighted by atomic mass is 16.5. The van der Waals surface area contributed by atoms with E-state index in [4.69, 9.17) is 10.5 Å². The Morgan fingerprint density at radius 2 is 0.952 bits per heavy atom. The highest BCUT2D eigenvalue weighted by molar-refractivity contribution is 4.93. The highest BCUT2D eigenvalue weighted by Crippen LogP contribution is 2.43. The second-order valence-electron chi connectivity index (χ2n) is 7.90. The molecule has 2 nitrogen and oxygen atoms in total. The number of ether oxygens (including phenoxy) is 1. The molecule has 0 amide bonds. The van der Waals surface area contributed by atoms with Crippen LogP contribution in [-0.4, -0.2) is 11.8 Å². The van der Waals surface area contributed by atoms with Gasteiger partial charge in [-0.1, -0.05) is 57.8 Å². The lowest BCUT2D eigenvalue weighted by atomic mass is 9.71. The van der Waals surface area contributed by atoms with Gasteiger partial charge in [0.25, 0.3) is 0 Å². The van der Waals surface area contributed by atoms with E-state index in [1.165, 1.54) is 96.3 Å². The molecule has 0 heterocycles. The largest absolute Gasteiger partial charge is 0.357 e. The van der Waals surface area contributed by atoms with Gasteiger partial charge >= 0.3 is 0 Å². The molecule has 0 aromatic heterocycles. The first-order valence-electron chi connectivity index (χ1n) is 9.76. The minimum absolute atomic E-state index is 0.303. The van der Waals surface area contributed by atoms with Crippen molar-refractivity contribution in [2.45, 2.75) is 108 Å². The molecule has 21 heavy (non-hydrogen) atoms. The fraction of sp³-hybridized carbons (Fsp3) is 1.00. The molecule has 0 radical (unpaired) electrons. The number of hydrogen-bond donors (Lipinski definition) is 1. The molecule has 122 valence electrons. The second-order valence-corrected chi connectivity index (χ2v) is 7.90. The van der Waals surface area contributed by atoms with Crippen LogP contribution >= 0.6 is 0 Å². The molecule has 3 saturated carbocycles. The lowest BCUT2D eigenvalue weighted by molar-refractivity contribution is -0.177. The summed E-state index contributed by atoms with van der Waals surface area (Å²) in [6, 6.07) is 0. The van der Waals surface area contributed by atoms with E-state index in [1.807, 2.05) is 0 Å². The normalized spacial score (nSPS) is 27.9. The van der Waals surface area contributed by atoms with E-state index in [2.05, 4.69) is 0 Å². The molecular weight excluding hydrogens is 258 g/mol. The smallest absolute Gasteiger partial charge is 0.122 e. The van der Waals surface area contributed by atoms with Crippen LogP contribution in [0.1, 0.15) is 96.3 Å². The van der Waals surface area contributed by atoms with E-state index in [1.54, 1.807) is 0 Å². The zero-order valence-electron chi connectivity index (χ0n) is 13.8. The van der Waals surface area contributed by atoms with Crippen molar-refractivity contribution >= 4 is 0 Å². The van der Waals surface area contributed by atoms with E-state index in [-0.39, 0.29) is 5.72 Å². The standard InChI is InChI=1S/C19H35NO/c20-19(16-10-4-1-5-11-16,17-12-6-2-7-13-17)21-18-14-8-3-9-15-18/h16-18H,1-15,20H2. The van der Waals surface area contributed by atoms with Crippen LogP contribution in [0.3, 0.4) is 0 Å². The summed E-state index contributed by atoms with van der Waals surface area (Å²) < 4.78 is 6.74. The number of hydrogen-bond acceptors (Lipinski definition) is 2. The SMILES string of the molecule is NC(OC1CCCCC1)(C1CCCCC1)C1CCCCC1. The van der Waals surface area contributed by atoms with Crippen LogP contribution in [-0.2, 0) is 4.74 Å². The molecule has 0 aromatic carbocycles. The summed E-state index contributed by atoms with van der Waals surface area (Å²) in [4.78, 5) is 0. The van der Waals surface area contributed by atoms with Crippen LogP contribution in [0.4, 0.5) is 0 Å². The maximum atomic E-state index is 7.06. The van der Waals surface area contributed by atoms with Crippen molar-refractivity contribution < 1.29 is 4.74 Å². The molecule has 3 fully saturated rings. The van der Waals surface area contributed by atoms with Gasteiger partial charge in [-0.25, -0.2) is 0 Å². The molecular formula is C19H35NO. The van der Waals surface area contributed by atoms with Crippen LogP contribution in [0.2, 0.25) is 0 Å². The lowest BCUT2D eigenvalue weighted by Gasteiger charge is -2.48. The molecule has 3 aliphatic rings. The van der Waals surface area contributed by atoms with Gasteiger partial charge in [-0.2, -0.15) is 0 Å². The zero-order chi connectivity index (χ0) is 14.5. The second kappa shape index (κ2) is 7.46. The van der Waals surface area contributed by atoms with Crippen LogP contribution in [0.25, 0.3) is 0 Å². The van der Waals surface area contributed by atoms with Crippen molar-refractivity contribution in [3.63, 3.8) is 0 Å². The van der Waals surface area contributed by atoms with E-state index in [9.17, 15) is 0 Å². The first kappa shape index (κ1) is 15.8. The molecule has 0 atom stereocenters. The van der Waals surface area contributed by atoms with Gasteiger partial charge in [0.05, 0.1) is 6.10 Å². The third-order valence-electron chi connectivity index (χ3n) is 6.41. The topological polar surface area (TPSA) is 35.2 Å². The van der Waals surface area contributed by atoms with Crippen LogP contribution in [0.15, 0.2) is 0 Å². The first-order valence-corrected chi connectivity index (χ1v) is 9.76. The van der Waals surface area contributed by atoms with Crippen molar-refractivity contribution in [2.75, 3.05) is 0 Å². The Labute approximate surface area is 131 Å². The van der Waals surface area contributed by atoms with Gasteiger partial charge in [-0.05, 0) is 38.5 Å². The summed E-state index contributed by atoms with van der Waals surface area (Å²) in [5, 5.41) is 0. The maximum Gasteiger partial charge on any atom is 0.122 e. The summed E-state index contributed by atoms with van der Waals surface area (Å²) in [5.41, 5.74) is 6.75. The summed E-state index contributed by atoms with van der Waals surface area (Å²) in [6.45, 7) is 0. The van der Waals surface area contributed by atoms with Crippen molar-refractivity contribution in [2.24, 2.45) is 17.6 Å². The zero-order valence-corrected chi connectivity index (χ0v) is 13.8. The van der Waals surface area contributed by atoms with Crippen molar-refractivity contribution in [3.05, 3.63) is 0 Å². The van der Waals surface area contributed by atoms with Crippen molar-refractivity contribution in [1.82, 2.24) is 0 Å². The summed E-state index contributed by atoms with van der Waals surface area (Å²) >= 11 is 0. The molecule has 0 aromatic rings. The molecule has 3 aliphatic carbocycles. The molecule has 2 N–H and O–H groups in total. The van der Waals surface area contributed by atoms with E-state index in [0.717, 1.165) is 0 Å². The minimum Gasteiger partial charge on any atom is -0.357 e. The maximum absolute atomic E-state index is 7.06. The van der Waals surface area contributed by atoms with Crippen LogP contribution < -0.4 is 5.73 Å². The van der Waals surface area contributed by atoms with E-state index < -0.39 is 0 Å². The van der Waals surface area contributed by atoms with Gasteiger partial charge in [0.2, 0.25) is 0 Å². The minimum atomic E-state index is -0.303. The van der Waals surface area contributed by atoms with Crippen molar-refractivity contribution in [3.8, 4) is 0 Å². The van der Waals surface area contributed by atoms with Gasteiger partial charge in [-0.3, -0.25) is 0 Å². The molecule has 0 saturated heterocycles. The van der Waals surface area contributed by atoms with E-state index >= 15 is 0 Å². The van der Waals surface area contributed by atoms with Gasteiger partial charge in [0, 0.05) is 11.8 Å². The summed E-state index contributed by atoms with van der Waals surface area (Å²) in [6.07, 6.45) is 20.5. The van der Waals surface area contributed by atoms with Crippen LogP contribution in [0.5, 0.6) is 0 Å². The molecule has 2 heteroatoms. The Hall–Kier alpha value is -0.0800. The molecule has 3 rings (SSSR count). The van der Waals surface area contributed by atoms with Gasteiger partial charge in [0.1, 0.15) is 5.72 Å².